The lowest BCUT2D eigenvalue weighted by Gasteiger charge is -2.25. The normalized spacial score (nSPS) is 11.8. The van der Waals surface area contributed by atoms with Gasteiger partial charge in [0.1, 0.15) is 12.4 Å². The van der Waals surface area contributed by atoms with Crippen LogP contribution < -0.4 is 4.74 Å². The van der Waals surface area contributed by atoms with Crippen molar-refractivity contribution in [2.75, 3.05) is 19.7 Å². The quantitative estimate of drug-likeness (QED) is 0.327. The number of ether oxygens (including phenoxy) is 2. The standard InChI is InChI=1S/C27H37NO2S.ClH/c1-7-28(16-10-8-9-15-26(2,3)4)19-23-12-11-13-25(18-23)29-22-27(5,6)30-20-24-14-17-31-21-24;/h8,10-14,17-18,21H,7,16,19-20,22H2,1-6H3;1H/b10-8+;. The maximum atomic E-state index is 6.07. The van der Waals surface area contributed by atoms with Gasteiger partial charge >= 0.3 is 0 Å². The van der Waals surface area contributed by atoms with E-state index in [2.05, 4.69) is 99.4 Å². The minimum atomic E-state index is -0.355. The van der Waals surface area contributed by atoms with Gasteiger partial charge in [0.05, 0.1) is 12.2 Å². The minimum Gasteiger partial charge on any atom is -0.491 e. The molecular formula is C27H38ClNO2S. The fourth-order valence-electron chi connectivity index (χ4n) is 2.77. The Kier molecular flexibility index (Phi) is 12.1. The lowest BCUT2D eigenvalue weighted by atomic mass is 9.98. The Hall–Kier alpha value is -1.77. The maximum Gasteiger partial charge on any atom is 0.119 e. The zero-order valence-corrected chi connectivity index (χ0v) is 21.9. The van der Waals surface area contributed by atoms with E-state index in [9.17, 15) is 0 Å². The number of halogens is 1. The molecule has 0 amide bonds. The largest absolute Gasteiger partial charge is 0.491 e. The first-order valence-corrected chi connectivity index (χ1v) is 11.9. The summed E-state index contributed by atoms with van der Waals surface area (Å²) >= 11 is 1.69. The van der Waals surface area contributed by atoms with Crippen LogP contribution in [0.25, 0.3) is 0 Å². The van der Waals surface area contributed by atoms with Crippen molar-refractivity contribution in [1.82, 2.24) is 4.90 Å². The lowest BCUT2D eigenvalue weighted by molar-refractivity contribution is -0.0568. The van der Waals surface area contributed by atoms with Gasteiger partial charge in [0.15, 0.2) is 0 Å². The molecule has 0 N–H and O–H groups in total. The number of allylic oxidation sites excluding steroid dienone is 1. The third-order valence-electron chi connectivity index (χ3n) is 4.56. The second-order valence-corrected chi connectivity index (χ2v) is 10.1. The van der Waals surface area contributed by atoms with Gasteiger partial charge in [0, 0.05) is 18.5 Å². The molecule has 1 heterocycles. The van der Waals surface area contributed by atoms with Crippen LogP contribution in [0.3, 0.4) is 0 Å². The first kappa shape index (κ1) is 28.3. The van der Waals surface area contributed by atoms with Crippen molar-refractivity contribution < 1.29 is 9.47 Å². The van der Waals surface area contributed by atoms with Crippen LogP contribution >= 0.6 is 23.7 Å². The van der Waals surface area contributed by atoms with Crippen molar-refractivity contribution in [3.63, 3.8) is 0 Å². The third kappa shape index (κ3) is 11.7. The predicted molar refractivity (Wildman–Crippen MR) is 140 cm³/mol. The molecule has 0 spiro atoms. The van der Waals surface area contributed by atoms with E-state index in [1.807, 2.05) is 12.1 Å². The van der Waals surface area contributed by atoms with Crippen LogP contribution in [0.4, 0.5) is 0 Å². The highest BCUT2D eigenvalue weighted by Crippen LogP contribution is 2.20. The van der Waals surface area contributed by atoms with Gasteiger partial charge in [-0.15, -0.1) is 12.4 Å². The molecule has 0 aliphatic rings. The van der Waals surface area contributed by atoms with Crippen LogP contribution in [0.5, 0.6) is 5.75 Å². The predicted octanol–water partition coefficient (Wildman–Crippen LogP) is 6.97. The fourth-order valence-corrected chi connectivity index (χ4v) is 3.42. The van der Waals surface area contributed by atoms with Gasteiger partial charge < -0.3 is 9.47 Å². The highest BCUT2D eigenvalue weighted by molar-refractivity contribution is 7.07. The highest BCUT2D eigenvalue weighted by Gasteiger charge is 2.20. The summed E-state index contributed by atoms with van der Waals surface area (Å²) in [4.78, 5) is 2.38. The van der Waals surface area contributed by atoms with E-state index in [0.717, 1.165) is 25.4 Å². The summed E-state index contributed by atoms with van der Waals surface area (Å²) < 4.78 is 12.1. The van der Waals surface area contributed by atoms with Gasteiger partial charge in [-0.05, 0) is 87.3 Å². The number of nitrogens with zero attached hydrogens (tertiary/aromatic N) is 1. The van der Waals surface area contributed by atoms with Crippen LogP contribution in [0.1, 0.15) is 52.7 Å². The molecule has 32 heavy (non-hydrogen) atoms. The minimum absolute atomic E-state index is 0. The van der Waals surface area contributed by atoms with Gasteiger partial charge in [-0.1, -0.05) is 37.0 Å². The zero-order valence-electron chi connectivity index (χ0n) is 20.3. The third-order valence-corrected chi connectivity index (χ3v) is 5.29. The number of hydrogen-bond acceptors (Lipinski definition) is 4. The Bertz CT molecular complexity index is 873. The van der Waals surface area contributed by atoms with E-state index in [0.29, 0.717) is 13.2 Å². The van der Waals surface area contributed by atoms with Crippen molar-refractivity contribution in [1.29, 1.82) is 0 Å². The van der Waals surface area contributed by atoms with E-state index < -0.39 is 0 Å². The Morgan fingerprint density at radius 1 is 1.09 bits per heavy atom. The second kappa shape index (κ2) is 13.7. The van der Waals surface area contributed by atoms with E-state index in [1.54, 1.807) is 11.3 Å². The number of hydrogen-bond donors (Lipinski definition) is 0. The van der Waals surface area contributed by atoms with Crippen LogP contribution in [0.15, 0.2) is 53.2 Å². The van der Waals surface area contributed by atoms with Crippen LogP contribution in [-0.4, -0.2) is 30.2 Å². The molecule has 5 heteroatoms. The molecule has 2 aromatic rings. The number of rotatable bonds is 11. The zero-order chi connectivity index (χ0) is 22.7. The molecular weight excluding hydrogens is 438 g/mol. The smallest absolute Gasteiger partial charge is 0.119 e. The fraction of sp³-hybridized carbons (Fsp3) is 0.481. The van der Waals surface area contributed by atoms with Gasteiger partial charge in [-0.3, -0.25) is 4.90 Å². The van der Waals surface area contributed by atoms with E-state index in [4.69, 9.17) is 9.47 Å². The maximum absolute atomic E-state index is 6.07. The average Bonchev–Trinajstić information content (AvgIpc) is 3.23. The lowest BCUT2D eigenvalue weighted by Crippen LogP contribution is -2.32. The topological polar surface area (TPSA) is 21.7 Å². The molecule has 3 nitrogen and oxygen atoms in total. The van der Waals surface area contributed by atoms with Crippen molar-refractivity contribution in [2.45, 2.75) is 60.3 Å². The highest BCUT2D eigenvalue weighted by atomic mass is 35.5. The number of thiophene rings is 1. The summed E-state index contributed by atoms with van der Waals surface area (Å²) in [5.41, 5.74) is 2.13. The molecule has 0 fully saturated rings. The molecule has 1 aromatic carbocycles. The molecule has 0 atom stereocenters. The first-order chi connectivity index (χ1) is 14.7. The molecule has 0 aliphatic heterocycles. The Labute approximate surface area is 205 Å². The summed E-state index contributed by atoms with van der Waals surface area (Å²) in [7, 11) is 0. The van der Waals surface area contributed by atoms with Crippen molar-refractivity contribution in [3.05, 3.63) is 64.4 Å². The Balaban J connectivity index is 0.00000512. The van der Waals surface area contributed by atoms with E-state index in [-0.39, 0.29) is 23.4 Å². The first-order valence-electron chi connectivity index (χ1n) is 10.9. The molecule has 176 valence electrons. The van der Waals surface area contributed by atoms with E-state index in [1.165, 1.54) is 11.1 Å². The van der Waals surface area contributed by atoms with Crippen molar-refractivity contribution in [3.8, 4) is 17.6 Å². The molecule has 0 saturated heterocycles. The molecule has 2 rings (SSSR count). The van der Waals surface area contributed by atoms with Gasteiger partial charge in [-0.25, -0.2) is 0 Å². The second-order valence-electron chi connectivity index (χ2n) is 9.37. The van der Waals surface area contributed by atoms with Crippen LogP contribution in [-0.2, 0) is 17.9 Å². The van der Waals surface area contributed by atoms with E-state index >= 15 is 0 Å². The van der Waals surface area contributed by atoms with Gasteiger partial charge in [0.25, 0.3) is 0 Å². The molecule has 1 aromatic heterocycles. The van der Waals surface area contributed by atoms with Gasteiger partial charge in [-0.2, -0.15) is 11.3 Å². The van der Waals surface area contributed by atoms with Gasteiger partial charge in [0.2, 0.25) is 0 Å². The van der Waals surface area contributed by atoms with Crippen molar-refractivity contribution in [2.24, 2.45) is 5.41 Å². The number of likely N-dealkylation sites (N-methyl/N-ethyl adjacent to an activating group) is 1. The molecule has 0 radical (unpaired) electrons. The molecule has 0 unspecified atom stereocenters. The molecule has 0 saturated carbocycles. The summed E-state index contributed by atoms with van der Waals surface area (Å²) in [6.45, 7) is 16.5. The summed E-state index contributed by atoms with van der Waals surface area (Å²) in [5, 5.41) is 4.19. The molecule has 0 bridgehead atoms. The Morgan fingerprint density at radius 2 is 1.88 bits per heavy atom. The van der Waals surface area contributed by atoms with Crippen LogP contribution in [0, 0.1) is 17.3 Å². The number of benzene rings is 1. The Morgan fingerprint density at radius 3 is 2.53 bits per heavy atom. The van der Waals surface area contributed by atoms with Crippen LogP contribution in [0.2, 0.25) is 0 Å². The van der Waals surface area contributed by atoms with Crippen molar-refractivity contribution >= 4 is 23.7 Å². The SMILES string of the molecule is CCN(C/C=C/C#CC(C)(C)C)Cc1cccc(OCC(C)(C)OCc2ccsc2)c1.Cl. The molecule has 0 aliphatic carbocycles. The average molecular weight is 476 g/mol. The summed E-state index contributed by atoms with van der Waals surface area (Å²) in [6.07, 6.45) is 4.10. The monoisotopic (exact) mass is 475 g/mol. The summed E-state index contributed by atoms with van der Waals surface area (Å²) in [6, 6.07) is 10.4. The summed E-state index contributed by atoms with van der Waals surface area (Å²) in [5.74, 6) is 7.25.